The monoisotopic (exact) mass is 323 g/mol. The van der Waals surface area contributed by atoms with Crippen LogP contribution in [0.15, 0.2) is 42.9 Å². The summed E-state index contributed by atoms with van der Waals surface area (Å²) in [6, 6.07) is 9.30. The third-order valence-corrected chi connectivity index (χ3v) is 4.05. The Balaban J connectivity index is 1.52. The summed E-state index contributed by atoms with van der Waals surface area (Å²) in [5.41, 5.74) is 1.51. The number of ether oxygens (including phenoxy) is 1. The number of benzene rings is 1. The highest BCUT2D eigenvalue weighted by atomic mass is 16.5. The average Bonchev–Trinajstić information content (AvgIpc) is 3.10. The summed E-state index contributed by atoms with van der Waals surface area (Å²) in [4.78, 5) is 26.1. The molecule has 0 spiro atoms. The molecule has 24 heavy (non-hydrogen) atoms. The molecular formula is C17H17N5O2. The molecule has 4 rings (SSSR count). The van der Waals surface area contributed by atoms with E-state index in [2.05, 4.69) is 25.2 Å². The standard InChI is InChI=1S/C17H17N5O2/c23-17(13-2-1-12-3-4-18-14(12)9-13)21-15-10-16(20-11-19-15)22-5-7-24-8-6-22/h1-4,9-11,18H,5-8H2,(H,19,20,21,23). The Hall–Kier alpha value is -2.93. The second kappa shape index (κ2) is 6.29. The van der Waals surface area contributed by atoms with E-state index in [4.69, 9.17) is 4.74 Å². The predicted octanol–water partition coefficient (Wildman–Crippen LogP) is 2.05. The molecule has 1 amide bonds. The number of aromatic nitrogens is 3. The second-order valence-electron chi connectivity index (χ2n) is 5.59. The molecule has 3 heterocycles. The predicted molar refractivity (Wildman–Crippen MR) is 91.3 cm³/mol. The molecule has 7 heteroatoms. The van der Waals surface area contributed by atoms with E-state index in [9.17, 15) is 4.79 Å². The van der Waals surface area contributed by atoms with Crippen LogP contribution in [0.2, 0.25) is 0 Å². The fraction of sp³-hybridized carbons (Fsp3) is 0.235. The summed E-state index contributed by atoms with van der Waals surface area (Å²) < 4.78 is 5.34. The molecule has 0 aliphatic carbocycles. The number of carbonyl (C=O) groups excluding carboxylic acids is 1. The Morgan fingerprint density at radius 1 is 1.17 bits per heavy atom. The molecule has 0 radical (unpaired) electrons. The lowest BCUT2D eigenvalue weighted by atomic mass is 10.1. The zero-order chi connectivity index (χ0) is 16.4. The number of aromatic amines is 1. The highest BCUT2D eigenvalue weighted by molar-refractivity contribution is 6.05. The van der Waals surface area contributed by atoms with Crippen molar-refractivity contribution in [1.82, 2.24) is 15.0 Å². The van der Waals surface area contributed by atoms with E-state index in [1.807, 2.05) is 24.4 Å². The van der Waals surface area contributed by atoms with Gasteiger partial charge >= 0.3 is 0 Å². The van der Waals surface area contributed by atoms with Crippen LogP contribution in [-0.4, -0.2) is 47.2 Å². The van der Waals surface area contributed by atoms with Crippen molar-refractivity contribution in [1.29, 1.82) is 0 Å². The van der Waals surface area contributed by atoms with Crippen LogP contribution in [0.25, 0.3) is 10.9 Å². The third-order valence-electron chi connectivity index (χ3n) is 4.05. The summed E-state index contributed by atoms with van der Waals surface area (Å²) in [5, 5.41) is 3.91. The van der Waals surface area contributed by atoms with Crippen molar-refractivity contribution < 1.29 is 9.53 Å². The topological polar surface area (TPSA) is 83.1 Å². The Kier molecular flexibility index (Phi) is 3.84. The maximum atomic E-state index is 12.4. The fourth-order valence-corrected chi connectivity index (χ4v) is 2.76. The highest BCUT2D eigenvalue weighted by Crippen LogP contribution is 2.18. The quantitative estimate of drug-likeness (QED) is 0.771. The zero-order valence-corrected chi connectivity index (χ0v) is 13.0. The van der Waals surface area contributed by atoms with Crippen LogP contribution in [0.4, 0.5) is 11.6 Å². The fourth-order valence-electron chi connectivity index (χ4n) is 2.76. The molecule has 2 N–H and O–H groups in total. The Bertz CT molecular complexity index is 870. The molecule has 1 aliphatic rings. The van der Waals surface area contributed by atoms with Crippen molar-refractivity contribution in [2.75, 3.05) is 36.5 Å². The van der Waals surface area contributed by atoms with Crippen LogP contribution in [-0.2, 0) is 4.74 Å². The minimum absolute atomic E-state index is 0.196. The SMILES string of the molecule is O=C(Nc1cc(N2CCOCC2)ncn1)c1ccc2cc[nH]c2c1. The number of hydrogen-bond acceptors (Lipinski definition) is 5. The van der Waals surface area contributed by atoms with E-state index in [-0.39, 0.29) is 5.91 Å². The van der Waals surface area contributed by atoms with Crippen molar-refractivity contribution in [3.8, 4) is 0 Å². The van der Waals surface area contributed by atoms with Gasteiger partial charge in [0.25, 0.3) is 5.91 Å². The number of H-pyrrole nitrogens is 1. The van der Waals surface area contributed by atoms with Crippen LogP contribution in [0.1, 0.15) is 10.4 Å². The van der Waals surface area contributed by atoms with E-state index in [0.29, 0.717) is 24.6 Å². The summed E-state index contributed by atoms with van der Waals surface area (Å²) in [6.45, 7) is 2.94. The normalized spacial score (nSPS) is 14.8. The van der Waals surface area contributed by atoms with Crippen molar-refractivity contribution in [3.63, 3.8) is 0 Å². The maximum absolute atomic E-state index is 12.4. The van der Waals surface area contributed by atoms with Gasteiger partial charge in [0, 0.05) is 36.4 Å². The van der Waals surface area contributed by atoms with Crippen molar-refractivity contribution in [3.05, 3.63) is 48.4 Å². The lowest BCUT2D eigenvalue weighted by Crippen LogP contribution is -2.36. The van der Waals surface area contributed by atoms with Gasteiger partial charge in [-0.25, -0.2) is 9.97 Å². The van der Waals surface area contributed by atoms with Gasteiger partial charge in [0.15, 0.2) is 0 Å². The van der Waals surface area contributed by atoms with Gasteiger partial charge in [-0.05, 0) is 23.6 Å². The van der Waals surface area contributed by atoms with Gasteiger partial charge in [0.05, 0.1) is 13.2 Å². The number of nitrogens with zero attached hydrogens (tertiary/aromatic N) is 3. The Labute approximate surface area is 138 Å². The molecule has 1 fully saturated rings. The van der Waals surface area contributed by atoms with E-state index < -0.39 is 0 Å². The first kappa shape index (κ1) is 14.6. The summed E-state index contributed by atoms with van der Waals surface area (Å²) in [7, 11) is 0. The number of nitrogens with one attached hydrogen (secondary N) is 2. The second-order valence-corrected chi connectivity index (χ2v) is 5.59. The maximum Gasteiger partial charge on any atom is 0.256 e. The zero-order valence-electron chi connectivity index (χ0n) is 13.0. The molecule has 122 valence electrons. The molecular weight excluding hydrogens is 306 g/mol. The number of rotatable bonds is 3. The van der Waals surface area contributed by atoms with Gasteiger partial charge < -0.3 is 19.9 Å². The van der Waals surface area contributed by atoms with Crippen molar-refractivity contribution >= 4 is 28.4 Å². The molecule has 3 aromatic rings. The van der Waals surface area contributed by atoms with Crippen LogP contribution in [0, 0.1) is 0 Å². The van der Waals surface area contributed by atoms with Gasteiger partial charge in [-0.2, -0.15) is 0 Å². The minimum Gasteiger partial charge on any atom is -0.378 e. The minimum atomic E-state index is -0.196. The van der Waals surface area contributed by atoms with Crippen LogP contribution >= 0.6 is 0 Å². The number of morpholine rings is 1. The third kappa shape index (κ3) is 2.93. The van der Waals surface area contributed by atoms with Crippen LogP contribution < -0.4 is 10.2 Å². The number of hydrogen-bond donors (Lipinski definition) is 2. The molecule has 0 unspecified atom stereocenters. The smallest absolute Gasteiger partial charge is 0.256 e. The average molecular weight is 323 g/mol. The number of fused-ring (bicyclic) bond motifs is 1. The van der Waals surface area contributed by atoms with Gasteiger partial charge in [0.2, 0.25) is 0 Å². The first-order valence-electron chi connectivity index (χ1n) is 7.83. The first-order chi connectivity index (χ1) is 11.8. The van der Waals surface area contributed by atoms with Crippen molar-refractivity contribution in [2.45, 2.75) is 0 Å². The van der Waals surface area contributed by atoms with E-state index in [0.717, 1.165) is 29.8 Å². The lowest BCUT2D eigenvalue weighted by molar-refractivity contribution is 0.102. The van der Waals surface area contributed by atoms with Crippen LogP contribution in [0.3, 0.4) is 0 Å². The molecule has 0 saturated carbocycles. The first-order valence-corrected chi connectivity index (χ1v) is 7.83. The van der Waals surface area contributed by atoms with Gasteiger partial charge in [-0.3, -0.25) is 4.79 Å². The summed E-state index contributed by atoms with van der Waals surface area (Å²) >= 11 is 0. The van der Waals surface area contributed by atoms with Gasteiger partial charge in [-0.15, -0.1) is 0 Å². The molecule has 1 aliphatic heterocycles. The van der Waals surface area contributed by atoms with Crippen LogP contribution in [0.5, 0.6) is 0 Å². The largest absolute Gasteiger partial charge is 0.378 e. The number of amides is 1. The van der Waals surface area contributed by atoms with E-state index >= 15 is 0 Å². The molecule has 1 saturated heterocycles. The summed E-state index contributed by atoms with van der Waals surface area (Å²) in [5.74, 6) is 1.09. The van der Waals surface area contributed by atoms with E-state index in [1.54, 1.807) is 12.1 Å². The van der Waals surface area contributed by atoms with Crippen molar-refractivity contribution in [2.24, 2.45) is 0 Å². The molecule has 0 bridgehead atoms. The van der Waals surface area contributed by atoms with Gasteiger partial charge in [0.1, 0.15) is 18.0 Å². The number of anilines is 2. The molecule has 7 nitrogen and oxygen atoms in total. The molecule has 0 atom stereocenters. The lowest BCUT2D eigenvalue weighted by Gasteiger charge is -2.27. The molecule has 2 aromatic heterocycles. The molecule has 1 aromatic carbocycles. The van der Waals surface area contributed by atoms with Gasteiger partial charge in [-0.1, -0.05) is 6.07 Å². The Morgan fingerprint density at radius 2 is 2.04 bits per heavy atom. The number of carbonyl (C=O) groups is 1. The summed E-state index contributed by atoms with van der Waals surface area (Å²) in [6.07, 6.45) is 3.32. The Morgan fingerprint density at radius 3 is 2.92 bits per heavy atom. The van der Waals surface area contributed by atoms with E-state index in [1.165, 1.54) is 6.33 Å². The highest BCUT2D eigenvalue weighted by Gasteiger charge is 2.14.